The van der Waals surface area contributed by atoms with E-state index < -0.39 is 30.1 Å². The van der Waals surface area contributed by atoms with Gasteiger partial charge in [-0.15, -0.1) is 0 Å². The molecule has 0 amide bonds. The van der Waals surface area contributed by atoms with Gasteiger partial charge in [-0.1, -0.05) is 35.3 Å². The first-order valence-corrected chi connectivity index (χ1v) is 8.85. The van der Waals surface area contributed by atoms with Crippen molar-refractivity contribution in [3.05, 3.63) is 52.5 Å². The Kier molecular flexibility index (Phi) is 5.77. The van der Waals surface area contributed by atoms with Gasteiger partial charge in [0, 0.05) is 21.0 Å². The Hall–Kier alpha value is -2.71. The molecule has 3 aromatic rings. The number of ether oxygens (including phenoxy) is 2. The summed E-state index contributed by atoms with van der Waals surface area (Å²) in [4.78, 5) is 15.3. The number of aromatic nitrogens is 1. The summed E-state index contributed by atoms with van der Waals surface area (Å²) in [6.45, 7) is 0.775. The van der Waals surface area contributed by atoms with Crippen molar-refractivity contribution in [2.45, 2.75) is 19.2 Å². The number of alkyl halides is 3. The van der Waals surface area contributed by atoms with Crippen molar-refractivity contribution in [1.82, 2.24) is 4.98 Å². The summed E-state index contributed by atoms with van der Waals surface area (Å²) in [5, 5.41) is 10.1. The van der Waals surface area contributed by atoms with Crippen LogP contribution in [0.25, 0.3) is 22.0 Å². The fourth-order valence-electron chi connectivity index (χ4n) is 2.62. The van der Waals surface area contributed by atoms with Gasteiger partial charge in [-0.05, 0) is 42.8 Å². The molecular formula is C19H12Cl2F3NO4. The predicted octanol–water partition coefficient (Wildman–Crippen LogP) is 6.60. The van der Waals surface area contributed by atoms with Gasteiger partial charge in [0.15, 0.2) is 6.10 Å². The lowest BCUT2D eigenvalue weighted by Crippen LogP contribution is -2.31. The molecule has 5 nitrogen and oxygen atoms in total. The minimum absolute atomic E-state index is 0.131. The SMILES string of the molecule is CC(Oc1nc2ccc(Cl)cc2c(-c2cccc(Cl)c2)c1OC(=O)O)C(F)(F)F. The quantitative estimate of drug-likeness (QED) is 0.458. The molecule has 10 heteroatoms. The molecule has 0 radical (unpaired) electrons. The fourth-order valence-corrected chi connectivity index (χ4v) is 2.98. The van der Waals surface area contributed by atoms with Gasteiger partial charge in [-0.2, -0.15) is 13.2 Å². The summed E-state index contributed by atoms with van der Waals surface area (Å²) in [6.07, 6.45) is -8.71. The van der Waals surface area contributed by atoms with Crippen LogP contribution in [0.2, 0.25) is 10.0 Å². The maximum absolute atomic E-state index is 13.0. The molecule has 0 aliphatic heterocycles. The van der Waals surface area contributed by atoms with Crippen molar-refractivity contribution in [1.29, 1.82) is 0 Å². The third kappa shape index (κ3) is 4.65. The Morgan fingerprint density at radius 2 is 1.83 bits per heavy atom. The number of hydrogen-bond acceptors (Lipinski definition) is 4. The molecule has 2 aromatic carbocycles. The van der Waals surface area contributed by atoms with Crippen LogP contribution in [-0.2, 0) is 0 Å². The van der Waals surface area contributed by atoms with E-state index >= 15 is 0 Å². The molecule has 152 valence electrons. The summed E-state index contributed by atoms with van der Waals surface area (Å²) in [7, 11) is 0. The normalized spacial score (nSPS) is 12.6. The number of benzene rings is 2. The van der Waals surface area contributed by atoms with Crippen molar-refractivity contribution in [2.24, 2.45) is 0 Å². The molecule has 0 saturated heterocycles. The second-order valence-electron chi connectivity index (χ2n) is 5.96. The molecule has 3 rings (SSSR count). The third-order valence-electron chi connectivity index (χ3n) is 3.92. The van der Waals surface area contributed by atoms with Crippen molar-refractivity contribution >= 4 is 40.3 Å². The first-order chi connectivity index (χ1) is 13.6. The number of hydrogen-bond donors (Lipinski definition) is 1. The van der Waals surface area contributed by atoms with Gasteiger partial charge in [-0.3, -0.25) is 0 Å². The van der Waals surface area contributed by atoms with E-state index in [2.05, 4.69) is 4.98 Å². The topological polar surface area (TPSA) is 68.7 Å². The molecule has 0 aliphatic carbocycles. The van der Waals surface area contributed by atoms with Gasteiger partial charge in [0.2, 0.25) is 5.75 Å². The van der Waals surface area contributed by atoms with Crippen molar-refractivity contribution in [3.8, 4) is 22.8 Å². The molecule has 29 heavy (non-hydrogen) atoms. The van der Waals surface area contributed by atoms with E-state index in [1.54, 1.807) is 18.2 Å². The van der Waals surface area contributed by atoms with Gasteiger partial charge < -0.3 is 14.6 Å². The fraction of sp³-hybridized carbons (Fsp3) is 0.158. The second kappa shape index (κ2) is 7.96. The van der Waals surface area contributed by atoms with Crippen LogP contribution >= 0.6 is 23.2 Å². The predicted molar refractivity (Wildman–Crippen MR) is 102 cm³/mol. The number of carboxylic acid groups (broad SMARTS) is 1. The van der Waals surface area contributed by atoms with Gasteiger partial charge >= 0.3 is 12.3 Å². The van der Waals surface area contributed by atoms with E-state index in [0.29, 0.717) is 21.0 Å². The van der Waals surface area contributed by atoms with Crippen LogP contribution in [0, 0.1) is 0 Å². The standard InChI is InChI=1S/C19H12Cl2F3NO4/c1-9(19(22,23)24)28-17-16(29-18(26)27)15(10-3-2-4-11(20)7-10)13-8-12(21)5-6-14(13)25-17/h2-9H,1H3,(H,26,27). The second-order valence-corrected chi connectivity index (χ2v) is 6.84. The van der Waals surface area contributed by atoms with Crippen LogP contribution in [0.1, 0.15) is 6.92 Å². The van der Waals surface area contributed by atoms with Crippen LogP contribution in [0.3, 0.4) is 0 Å². The van der Waals surface area contributed by atoms with E-state index in [0.717, 1.165) is 6.92 Å². The molecule has 1 atom stereocenters. The Morgan fingerprint density at radius 1 is 1.14 bits per heavy atom. The molecular weight excluding hydrogens is 434 g/mol. The minimum atomic E-state index is -4.70. The average molecular weight is 446 g/mol. The Morgan fingerprint density at radius 3 is 2.45 bits per heavy atom. The van der Waals surface area contributed by atoms with Gasteiger partial charge in [0.05, 0.1) is 5.52 Å². The van der Waals surface area contributed by atoms with Crippen molar-refractivity contribution in [3.63, 3.8) is 0 Å². The molecule has 1 heterocycles. The van der Waals surface area contributed by atoms with Crippen LogP contribution in [0.5, 0.6) is 11.6 Å². The van der Waals surface area contributed by atoms with Gasteiger partial charge in [-0.25, -0.2) is 9.78 Å². The summed E-state index contributed by atoms with van der Waals surface area (Å²) >= 11 is 12.1. The lowest BCUT2D eigenvalue weighted by Gasteiger charge is -2.21. The van der Waals surface area contributed by atoms with E-state index in [-0.39, 0.29) is 11.1 Å². The minimum Gasteiger partial charge on any atom is -0.462 e. The largest absolute Gasteiger partial charge is 0.511 e. The Bertz CT molecular complexity index is 1090. The van der Waals surface area contributed by atoms with E-state index in [4.69, 9.17) is 37.8 Å². The zero-order valence-electron chi connectivity index (χ0n) is 14.6. The summed E-state index contributed by atoms with van der Waals surface area (Å²) in [5.41, 5.74) is 0.742. The smallest absolute Gasteiger partial charge is 0.462 e. The van der Waals surface area contributed by atoms with Gasteiger partial charge in [0.1, 0.15) is 0 Å². The molecule has 1 aromatic heterocycles. The zero-order valence-corrected chi connectivity index (χ0v) is 16.1. The van der Waals surface area contributed by atoms with Crippen molar-refractivity contribution in [2.75, 3.05) is 0 Å². The van der Waals surface area contributed by atoms with Crippen LogP contribution in [0.15, 0.2) is 42.5 Å². The first kappa shape index (κ1) is 21.0. The number of pyridine rings is 1. The zero-order chi connectivity index (χ0) is 21.3. The van der Waals surface area contributed by atoms with Gasteiger partial charge in [0.25, 0.3) is 5.88 Å². The number of halogens is 5. The molecule has 1 N–H and O–H groups in total. The lowest BCUT2D eigenvalue weighted by molar-refractivity contribution is -0.190. The molecule has 0 saturated carbocycles. The first-order valence-electron chi connectivity index (χ1n) is 8.09. The monoisotopic (exact) mass is 445 g/mol. The highest BCUT2D eigenvalue weighted by Crippen LogP contribution is 2.44. The Balaban J connectivity index is 2.36. The van der Waals surface area contributed by atoms with Crippen LogP contribution < -0.4 is 9.47 Å². The maximum atomic E-state index is 13.0. The van der Waals surface area contributed by atoms with E-state index in [9.17, 15) is 18.0 Å². The molecule has 0 spiro atoms. The molecule has 0 bridgehead atoms. The number of nitrogens with zero attached hydrogens (tertiary/aromatic N) is 1. The molecule has 0 fully saturated rings. The Labute approximate surface area is 172 Å². The number of fused-ring (bicyclic) bond motifs is 1. The number of carbonyl (C=O) groups is 1. The van der Waals surface area contributed by atoms with E-state index in [1.165, 1.54) is 24.3 Å². The van der Waals surface area contributed by atoms with Crippen LogP contribution in [0.4, 0.5) is 18.0 Å². The summed E-state index contributed by atoms with van der Waals surface area (Å²) < 4.78 is 48.8. The molecule has 0 aliphatic rings. The highest BCUT2D eigenvalue weighted by atomic mass is 35.5. The maximum Gasteiger partial charge on any atom is 0.511 e. The van der Waals surface area contributed by atoms with Crippen LogP contribution in [-0.4, -0.2) is 28.5 Å². The van der Waals surface area contributed by atoms with E-state index in [1.807, 2.05) is 0 Å². The third-order valence-corrected chi connectivity index (χ3v) is 4.39. The summed E-state index contributed by atoms with van der Waals surface area (Å²) in [5.74, 6) is -1.12. The molecule has 1 unspecified atom stereocenters. The summed E-state index contributed by atoms with van der Waals surface area (Å²) in [6, 6.07) is 10.7. The van der Waals surface area contributed by atoms with Crippen molar-refractivity contribution < 1.29 is 32.5 Å². The highest BCUT2D eigenvalue weighted by molar-refractivity contribution is 6.32. The lowest BCUT2D eigenvalue weighted by atomic mass is 10.00. The highest BCUT2D eigenvalue weighted by Gasteiger charge is 2.39. The average Bonchev–Trinajstić information content (AvgIpc) is 2.61. The number of rotatable bonds is 4.